The average Bonchev–Trinajstić information content (AvgIpc) is 2.16. The summed E-state index contributed by atoms with van der Waals surface area (Å²) in [7, 11) is 0. The molecule has 0 aliphatic rings. The summed E-state index contributed by atoms with van der Waals surface area (Å²) in [4.78, 5) is 6.00. The number of alkyl halides is 3. The second kappa shape index (κ2) is 4.52. The van der Waals surface area contributed by atoms with Crippen molar-refractivity contribution >= 4 is 5.69 Å². The molecule has 0 amide bonds. The van der Waals surface area contributed by atoms with Crippen molar-refractivity contribution in [1.29, 1.82) is 0 Å². The first-order chi connectivity index (χ1) is 7.01. The molecule has 1 aromatic heterocycles. The van der Waals surface area contributed by atoms with Crippen molar-refractivity contribution in [3.63, 3.8) is 0 Å². The first kappa shape index (κ1) is 11.1. The SMILES string of the molecule is [N-]=[N+]=Nc1ccc(OCC(F)(F)F)nc1. The summed E-state index contributed by atoms with van der Waals surface area (Å²) in [6, 6.07) is 2.49. The molecule has 8 heteroatoms. The summed E-state index contributed by atoms with van der Waals surface area (Å²) in [5, 5.41) is 3.20. The van der Waals surface area contributed by atoms with Gasteiger partial charge in [0.1, 0.15) is 0 Å². The van der Waals surface area contributed by atoms with E-state index in [0.29, 0.717) is 0 Å². The van der Waals surface area contributed by atoms with Crippen molar-refractivity contribution in [2.75, 3.05) is 6.61 Å². The zero-order chi connectivity index (χ0) is 11.3. The van der Waals surface area contributed by atoms with Gasteiger partial charge < -0.3 is 4.74 Å². The Morgan fingerprint density at radius 1 is 1.47 bits per heavy atom. The number of nitrogens with zero attached hydrogens (tertiary/aromatic N) is 4. The molecule has 0 atom stereocenters. The van der Waals surface area contributed by atoms with E-state index in [-0.39, 0.29) is 11.6 Å². The summed E-state index contributed by atoms with van der Waals surface area (Å²) in [5.74, 6) is -0.177. The minimum Gasteiger partial charge on any atom is -0.468 e. The lowest BCUT2D eigenvalue weighted by Gasteiger charge is -2.07. The molecule has 0 aromatic carbocycles. The molecule has 15 heavy (non-hydrogen) atoms. The number of halogens is 3. The minimum atomic E-state index is -4.40. The molecule has 0 spiro atoms. The predicted molar refractivity (Wildman–Crippen MR) is 44.6 cm³/mol. The van der Waals surface area contributed by atoms with Crippen LogP contribution in [0.3, 0.4) is 0 Å². The van der Waals surface area contributed by atoms with E-state index >= 15 is 0 Å². The molecule has 1 aromatic rings. The third-order valence-corrected chi connectivity index (χ3v) is 1.26. The largest absolute Gasteiger partial charge is 0.468 e. The van der Waals surface area contributed by atoms with E-state index in [1.54, 1.807) is 0 Å². The van der Waals surface area contributed by atoms with Gasteiger partial charge in [-0.25, -0.2) is 4.98 Å². The van der Waals surface area contributed by atoms with Gasteiger partial charge in [0.2, 0.25) is 5.88 Å². The lowest BCUT2D eigenvalue weighted by Crippen LogP contribution is -2.19. The Labute approximate surface area is 82.1 Å². The highest BCUT2D eigenvalue weighted by atomic mass is 19.4. The lowest BCUT2D eigenvalue weighted by molar-refractivity contribution is -0.154. The Balaban J connectivity index is 2.61. The Bertz CT molecular complexity index is 369. The van der Waals surface area contributed by atoms with Gasteiger partial charge in [-0.2, -0.15) is 13.2 Å². The second-order valence-corrected chi connectivity index (χ2v) is 2.45. The van der Waals surface area contributed by atoms with Crippen molar-refractivity contribution in [3.8, 4) is 5.88 Å². The van der Waals surface area contributed by atoms with Gasteiger partial charge >= 0.3 is 6.18 Å². The number of pyridine rings is 1. The molecule has 0 aliphatic heterocycles. The lowest BCUT2D eigenvalue weighted by atomic mass is 10.4. The maximum absolute atomic E-state index is 11.7. The zero-order valence-corrected chi connectivity index (χ0v) is 7.27. The van der Waals surface area contributed by atoms with Crippen LogP contribution in [0.15, 0.2) is 23.4 Å². The molecule has 1 rings (SSSR count). The molecule has 0 saturated heterocycles. The van der Waals surface area contributed by atoms with Crippen molar-refractivity contribution in [1.82, 2.24) is 4.98 Å². The van der Waals surface area contributed by atoms with E-state index in [9.17, 15) is 13.2 Å². The van der Waals surface area contributed by atoms with Crippen LogP contribution in [0.1, 0.15) is 0 Å². The van der Waals surface area contributed by atoms with Crippen molar-refractivity contribution in [2.24, 2.45) is 5.11 Å². The predicted octanol–water partition coefficient (Wildman–Crippen LogP) is 2.96. The van der Waals surface area contributed by atoms with Crippen LogP contribution in [-0.4, -0.2) is 17.8 Å². The topological polar surface area (TPSA) is 70.9 Å². The van der Waals surface area contributed by atoms with Crippen LogP contribution >= 0.6 is 0 Å². The fraction of sp³-hybridized carbons (Fsp3) is 0.286. The zero-order valence-electron chi connectivity index (χ0n) is 7.27. The van der Waals surface area contributed by atoms with E-state index in [1.807, 2.05) is 0 Å². The Morgan fingerprint density at radius 2 is 2.20 bits per heavy atom. The molecule has 0 saturated carbocycles. The third kappa shape index (κ3) is 4.19. The van der Waals surface area contributed by atoms with E-state index in [2.05, 4.69) is 19.7 Å². The highest BCUT2D eigenvalue weighted by Crippen LogP contribution is 2.18. The second-order valence-electron chi connectivity index (χ2n) is 2.45. The Morgan fingerprint density at radius 3 is 2.67 bits per heavy atom. The molecule has 0 bridgehead atoms. The van der Waals surface area contributed by atoms with Crippen LogP contribution in [0.5, 0.6) is 5.88 Å². The molecule has 5 nitrogen and oxygen atoms in total. The number of aromatic nitrogens is 1. The van der Waals surface area contributed by atoms with Gasteiger partial charge in [-0.05, 0) is 11.6 Å². The quantitative estimate of drug-likeness (QED) is 0.444. The molecular weight excluding hydrogens is 213 g/mol. The maximum atomic E-state index is 11.7. The minimum absolute atomic E-state index is 0.177. The first-order valence-corrected chi connectivity index (χ1v) is 3.72. The molecule has 1 heterocycles. The molecule has 0 fully saturated rings. The monoisotopic (exact) mass is 218 g/mol. The summed E-state index contributed by atoms with van der Waals surface area (Å²) in [6.07, 6.45) is -3.28. The average molecular weight is 218 g/mol. The fourth-order valence-corrected chi connectivity index (χ4v) is 0.724. The van der Waals surface area contributed by atoms with E-state index in [1.165, 1.54) is 12.1 Å². The smallest absolute Gasteiger partial charge is 0.422 e. The molecule has 0 radical (unpaired) electrons. The van der Waals surface area contributed by atoms with E-state index in [0.717, 1.165) is 6.20 Å². The van der Waals surface area contributed by atoms with Crippen LogP contribution in [0, 0.1) is 0 Å². The Kier molecular flexibility index (Phi) is 3.35. The summed E-state index contributed by atoms with van der Waals surface area (Å²) >= 11 is 0. The van der Waals surface area contributed by atoms with Crippen LogP contribution in [0.2, 0.25) is 0 Å². The number of hydrogen-bond donors (Lipinski definition) is 0. The number of ether oxygens (including phenoxy) is 1. The van der Waals surface area contributed by atoms with Crippen LogP contribution in [0.4, 0.5) is 18.9 Å². The third-order valence-electron chi connectivity index (χ3n) is 1.26. The van der Waals surface area contributed by atoms with E-state index < -0.39 is 12.8 Å². The van der Waals surface area contributed by atoms with Crippen LogP contribution in [0.25, 0.3) is 10.4 Å². The maximum Gasteiger partial charge on any atom is 0.422 e. The molecule has 80 valence electrons. The number of rotatable bonds is 3. The first-order valence-electron chi connectivity index (χ1n) is 3.72. The Hall–Kier alpha value is -1.95. The van der Waals surface area contributed by atoms with Gasteiger partial charge in [0.15, 0.2) is 6.61 Å². The highest BCUT2D eigenvalue weighted by molar-refractivity contribution is 5.35. The van der Waals surface area contributed by atoms with Gasteiger partial charge in [0.05, 0.1) is 5.69 Å². The molecule has 0 unspecified atom stereocenters. The van der Waals surface area contributed by atoms with Gasteiger partial charge in [0, 0.05) is 17.2 Å². The van der Waals surface area contributed by atoms with Crippen LogP contribution in [-0.2, 0) is 0 Å². The van der Waals surface area contributed by atoms with Gasteiger partial charge in [-0.1, -0.05) is 5.11 Å². The van der Waals surface area contributed by atoms with Gasteiger partial charge in [0.25, 0.3) is 0 Å². The molecule has 0 N–H and O–H groups in total. The standard InChI is InChI=1S/C7H5F3N4O/c8-7(9,10)4-15-6-2-1-5(3-12-6)13-14-11/h1-3H,4H2. The van der Waals surface area contributed by atoms with Crippen molar-refractivity contribution < 1.29 is 17.9 Å². The molecular formula is C7H5F3N4O. The van der Waals surface area contributed by atoms with Gasteiger partial charge in [-0.15, -0.1) is 0 Å². The highest BCUT2D eigenvalue weighted by Gasteiger charge is 2.28. The summed E-state index contributed by atoms with van der Waals surface area (Å²) in [6.45, 7) is -1.40. The van der Waals surface area contributed by atoms with Gasteiger partial charge in [-0.3, -0.25) is 0 Å². The number of hydrogen-bond acceptors (Lipinski definition) is 3. The van der Waals surface area contributed by atoms with E-state index in [4.69, 9.17) is 5.53 Å². The van der Waals surface area contributed by atoms with Crippen molar-refractivity contribution in [3.05, 3.63) is 28.8 Å². The number of azide groups is 1. The summed E-state index contributed by atoms with van der Waals surface area (Å²) in [5.41, 5.74) is 8.26. The summed E-state index contributed by atoms with van der Waals surface area (Å²) < 4.78 is 39.5. The van der Waals surface area contributed by atoms with Crippen molar-refractivity contribution in [2.45, 2.75) is 6.18 Å². The van der Waals surface area contributed by atoms with Crippen LogP contribution < -0.4 is 4.74 Å². The fourth-order valence-electron chi connectivity index (χ4n) is 0.724. The molecule has 0 aliphatic carbocycles. The normalized spacial score (nSPS) is 10.6.